The summed E-state index contributed by atoms with van der Waals surface area (Å²) < 4.78 is 0. The molecular weight excluding hydrogens is 396 g/mol. The molecular formula is C25H29ClN2O2. The number of halogens is 1. The van der Waals surface area contributed by atoms with Crippen LogP contribution in [-0.2, 0) is 4.79 Å². The van der Waals surface area contributed by atoms with Gasteiger partial charge in [0, 0.05) is 34.8 Å². The molecule has 1 aromatic carbocycles. The van der Waals surface area contributed by atoms with Crippen LogP contribution in [-0.4, -0.2) is 22.6 Å². The molecule has 1 aromatic heterocycles. The minimum Gasteiger partial charge on any atom is -0.396 e. The van der Waals surface area contributed by atoms with Gasteiger partial charge in [-0.1, -0.05) is 29.8 Å². The lowest BCUT2D eigenvalue weighted by molar-refractivity contribution is -0.127. The average molecular weight is 425 g/mol. The number of aromatic nitrogens is 1. The molecule has 5 heteroatoms. The molecule has 0 aliphatic heterocycles. The lowest BCUT2D eigenvalue weighted by atomic mass is 9.72. The van der Waals surface area contributed by atoms with Gasteiger partial charge in [0.15, 0.2) is 0 Å². The van der Waals surface area contributed by atoms with Crippen molar-refractivity contribution in [2.24, 2.45) is 11.8 Å². The summed E-state index contributed by atoms with van der Waals surface area (Å²) in [6.07, 6.45) is 11.8. The normalized spacial score (nSPS) is 22.9. The molecule has 1 unspecified atom stereocenters. The van der Waals surface area contributed by atoms with Crippen LogP contribution < -0.4 is 5.32 Å². The first kappa shape index (κ1) is 21.1. The van der Waals surface area contributed by atoms with Gasteiger partial charge in [0.2, 0.25) is 5.91 Å². The quantitative estimate of drug-likeness (QED) is 0.650. The smallest absolute Gasteiger partial charge is 0.227 e. The molecule has 0 radical (unpaired) electrons. The van der Waals surface area contributed by atoms with Crippen LogP contribution in [0.4, 0.5) is 0 Å². The fourth-order valence-electron chi connectivity index (χ4n) is 4.99. The fourth-order valence-corrected chi connectivity index (χ4v) is 5.15. The Morgan fingerprint density at radius 3 is 2.67 bits per heavy atom. The third-order valence-electron chi connectivity index (χ3n) is 6.62. The number of aliphatic hydroxyl groups excluding tert-OH is 1. The Hall–Kier alpha value is -2.17. The number of nitrogens with zero attached hydrogens (tertiary/aromatic N) is 1. The number of hydrogen-bond donors (Lipinski definition) is 2. The Morgan fingerprint density at radius 2 is 1.93 bits per heavy atom. The molecule has 1 saturated carbocycles. The van der Waals surface area contributed by atoms with Crippen molar-refractivity contribution in [2.45, 2.75) is 50.9 Å². The van der Waals surface area contributed by atoms with Gasteiger partial charge in [-0.2, -0.15) is 0 Å². The predicted molar refractivity (Wildman–Crippen MR) is 121 cm³/mol. The molecule has 1 atom stereocenters. The average Bonchev–Trinajstić information content (AvgIpc) is 2.79. The zero-order chi connectivity index (χ0) is 20.9. The highest BCUT2D eigenvalue weighted by Gasteiger charge is 2.33. The third-order valence-corrected chi connectivity index (χ3v) is 6.94. The van der Waals surface area contributed by atoms with Crippen LogP contribution in [0.1, 0.15) is 56.4 Å². The van der Waals surface area contributed by atoms with E-state index in [0.29, 0.717) is 18.3 Å². The summed E-state index contributed by atoms with van der Waals surface area (Å²) in [7, 11) is 0. The lowest BCUT2D eigenvalue weighted by Crippen LogP contribution is -2.36. The number of carbonyl (C=O) groups is 1. The van der Waals surface area contributed by atoms with Crippen LogP contribution in [0.3, 0.4) is 0 Å². The maximum absolute atomic E-state index is 13.0. The largest absolute Gasteiger partial charge is 0.396 e. The molecule has 1 heterocycles. The van der Waals surface area contributed by atoms with Crippen molar-refractivity contribution in [3.63, 3.8) is 0 Å². The van der Waals surface area contributed by atoms with Crippen molar-refractivity contribution >= 4 is 28.4 Å². The summed E-state index contributed by atoms with van der Waals surface area (Å²) in [6, 6.07) is 10.5. The fraction of sp³-hybridized carbons (Fsp3) is 0.440. The molecule has 2 aliphatic rings. The van der Waals surface area contributed by atoms with Gasteiger partial charge < -0.3 is 10.4 Å². The number of benzene rings is 1. The van der Waals surface area contributed by atoms with Crippen LogP contribution in [0.25, 0.3) is 10.9 Å². The Bertz CT molecular complexity index is 955. The van der Waals surface area contributed by atoms with Gasteiger partial charge in [-0.15, -0.1) is 0 Å². The van der Waals surface area contributed by atoms with Crippen LogP contribution in [0.15, 0.2) is 59.4 Å². The maximum Gasteiger partial charge on any atom is 0.227 e. The molecule has 4 rings (SSSR count). The van der Waals surface area contributed by atoms with Crippen LogP contribution in [0, 0.1) is 11.8 Å². The molecule has 0 spiro atoms. The van der Waals surface area contributed by atoms with Crippen molar-refractivity contribution in [3.8, 4) is 0 Å². The Kier molecular flexibility index (Phi) is 6.86. The van der Waals surface area contributed by atoms with Crippen molar-refractivity contribution in [1.82, 2.24) is 10.3 Å². The van der Waals surface area contributed by atoms with Gasteiger partial charge in [0.25, 0.3) is 0 Å². The molecule has 0 bridgehead atoms. The molecule has 158 valence electrons. The van der Waals surface area contributed by atoms with Crippen molar-refractivity contribution in [3.05, 3.63) is 65.0 Å². The highest BCUT2D eigenvalue weighted by atomic mass is 35.5. The van der Waals surface area contributed by atoms with E-state index in [0.717, 1.165) is 54.8 Å². The van der Waals surface area contributed by atoms with Gasteiger partial charge in [0.05, 0.1) is 5.52 Å². The number of fused-ring (bicyclic) bond motifs is 1. The highest BCUT2D eigenvalue weighted by molar-refractivity contribution is 6.29. The van der Waals surface area contributed by atoms with E-state index in [1.165, 1.54) is 10.9 Å². The first-order valence-corrected chi connectivity index (χ1v) is 11.3. The van der Waals surface area contributed by atoms with Crippen LogP contribution in [0.2, 0.25) is 0 Å². The summed E-state index contributed by atoms with van der Waals surface area (Å²) in [5.74, 6) is 0.706. The minimum atomic E-state index is -0.146. The lowest BCUT2D eigenvalue weighted by Gasteiger charge is -2.34. The zero-order valence-electron chi connectivity index (χ0n) is 17.2. The molecule has 4 nitrogen and oxygen atoms in total. The monoisotopic (exact) mass is 424 g/mol. The van der Waals surface area contributed by atoms with Gasteiger partial charge >= 0.3 is 0 Å². The number of aliphatic hydroxyl groups is 1. The van der Waals surface area contributed by atoms with E-state index < -0.39 is 0 Å². The molecule has 1 fully saturated rings. The van der Waals surface area contributed by atoms with Gasteiger partial charge in [-0.3, -0.25) is 9.78 Å². The van der Waals surface area contributed by atoms with Crippen LogP contribution >= 0.6 is 11.6 Å². The molecule has 2 aromatic rings. The Balaban J connectivity index is 1.42. The number of para-hydroxylation sites is 1. The van der Waals surface area contributed by atoms with E-state index in [-0.39, 0.29) is 18.4 Å². The Morgan fingerprint density at radius 1 is 1.13 bits per heavy atom. The number of carbonyl (C=O) groups excluding carboxylic acids is 1. The molecule has 2 N–H and O–H groups in total. The topological polar surface area (TPSA) is 62.2 Å². The first-order valence-electron chi connectivity index (χ1n) is 11.0. The minimum absolute atomic E-state index is 0.0395. The van der Waals surface area contributed by atoms with E-state index in [9.17, 15) is 9.90 Å². The van der Waals surface area contributed by atoms with Gasteiger partial charge in [0.1, 0.15) is 0 Å². The SMILES string of the molecule is O=C(NC1=CC=C(Cl)CC1)C(CCO)C1CCC(c2ccnc3ccccc23)CC1. The molecule has 2 aliphatic carbocycles. The Labute approximate surface area is 183 Å². The summed E-state index contributed by atoms with van der Waals surface area (Å²) in [4.78, 5) is 17.5. The molecule has 30 heavy (non-hydrogen) atoms. The van der Waals surface area contributed by atoms with Gasteiger partial charge in [-0.05, 0) is 86.6 Å². The van der Waals surface area contributed by atoms with E-state index in [1.807, 2.05) is 24.4 Å². The van der Waals surface area contributed by atoms with E-state index in [4.69, 9.17) is 11.6 Å². The summed E-state index contributed by atoms with van der Waals surface area (Å²) in [6.45, 7) is 0.0395. The highest BCUT2D eigenvalue weighted by Crippen LogP contribution is 2.41. The van der Waals surface area contributed by atoms with E-state index in [2.05, 4.69) is 34.6 Å². The van der Waals surface area contributed by atoms with E-state index in [1.54, 1.807) is 0 Å². The van der Waals surface area contributed by atoms with Crippen molar-refractivity contribution in [2.75, 3.05) is 6.61 Å². The molecule has 0 saturated heterocycles. The number of pyridine rings is 1. The second-order valence-electron chi connectivity index (χ2n) is 8.44. The van der Waals surface area contributed by atoms with Crippen molar-refractivity contribution < 1.29 is 9.90 Å². The van der Waals surface area contributed by atoms with Gasteiger partial charge in [-0.25, -0.2) is 0 Å². The number of hydrogen-bond acceptors (Lipinski definition) is 3. The predicted octanol–water partition coefficient (Wildman–Crippen LogP) is 5.42. The zero-order valence-corrected chi connectivity index (χ0v) is 17.9. The molecule has 1 amide bonds. The first-order chi connectivity index (χ1) is 14.7. The number of nitrogens with one attached hydrogen (secondary N) is 1. The van der Waals surface area contributed by atoms with Crippen LogP contribution in [0.5, 0.6) is 0 Å². The summed E-state index contributed by atoms with van der Waals surface area (Å²) in [5, 5.41) is 14.7. The number of rotatable bonds is 6. The standard InChI is InChI=1S/C25H29ClN2O2/c26-19-9-11-20(12-10-19)28-25(30)22(14-16-29)18-7-5-17(6-8-18)21-13-15-27-24-4-2-1-3-23(21)24/h1-4,9,11,13,15,17-18,22,29H,5-8,10,12,14,16H2,(H,28,30). The van der Waals surface area contributed by atoms with Crippen molar-refractivity contribution in [1.29, 1.82) is 0 Å². The summed E-state index contributed by atoms with van der Waals surface area (Å²) >= 11 is 6.02. The second-order valence-corrected chi connectivity index (χ2v) is 8.93. The van der Waals surface area contributed by atoms with E-state index >= 15 is 0 Å². The third kappa shape index (κ3) is 4.76. The number of allylic oxidation sites excluding steroid dienone is 4. The maximum atomic E-state index is 13.0. The summed E-state index contributed by atoms with van der Waals surface area (Å²) in [5.41, 5.74) is 3.34. The number of amides is 1. The second kappa shape index (κ2) is 9.76.